The van der Waals surface area contributed by atoms with Gasteiger partial charge in [0.1, 0.15) is 0 Å². The van der Waals surface area contributed by atoms with Crippen molar-refractivity contribution in [2.45, 2.75) is 77.0 Å². The fourth-order valence-corrected chi connectivity index (χ4v) is 13.4. The van der Waals surface area contributed by atoms with Crippen LogP contribution in [0.15, 0.2) is 146 Å². The summed E-state index contributed by atoms with van der Waals surface area (Å²) < 4.78 is 0. The SMILES string of the molecule is CC1(C)c2cc(-c3ccc(-c4ccc5c(c4)C(C)(C)c4cc6c(cc4-5)C(C)(C)c4ccc5ccccc5c4-6)s3)ccc2-c2cc3c(cc21)-c1c(ccc2ccccc12)C3(C)C. The Hall–Kier alpha value is -6.02. The van der Waals surface area contributed by atoms with E-state index in [1.807, 2.05) is 11.3 Å². The topological polar surface area (TPSA) is 0 Å². The summed E-state index contributed by atoms with van der Waals surface area (Å²) in [4.78, 5) is 2.64. The molecule has 13 rings (SSSR count). The van der Waals surface area contributed by atoms with Crippen LogP contribution in [0.3, 0.4) is 0 Å². The third kappa shape index (κ3) is 4.45. The zero-order chi connectivity index (χ0) is 41.5. The van der Waals surface area contributed by atoms with Crippen molar-refractivity contribution >= 4 is 32.9 Å². The average Bonchev–Trinajstić information content (AvgIpc) is 4.01. The van der Waals surface area contributed by atoms with Gasteiger partial charge < -0.3 is 0 Å². The number of thiophene rings is 1. The molecule has 61 heavy (non-hydrogen) atoms. The molecule has 294 valence electrons. The van der Waals surface area contributed by atoms with E-state index in [2.05, 4.69) is 201 Å². The molecule has 0 unspecified atom stereocenters. The van der Waals surface area contributed by atoms with Crippen LogP contribution in [0.25, 0.3) is 86.9 Å². The zero-order valence-corrected chi connectivity index (χ0v) is 37.1. The molecule has 0 bridgehead atoms. The van der Waals surface area contributed by atoms with Crippen molar-refractivity contribution in [3.63, 3.8) is 0 Å². The molecular formula is C60H48S. The van der Waals surface area contributed by atoms with E-state index in [0.29, 0.717) is 0 Å². The second-order valence-electron chi connectivity index (χ2n) is 20.5. The van der Waals surface area contributed by atoms with Gasteiger partial charge in [-0.25, -0.2) is 0 Å². The van der Waals surface area contributed by atoms with E-state index >= 15 is 0 Å². The van der Waals surface area contributed by atoms with E-state index in [9.17, 15) is 0 Å². The maximum atomic E-state index is 2.55. The predicted molar refractivity (Wildman–Crippen MR) is 260 cm³/mol. The summed E-state index contributed by atoms with van der Waals surface area (Å²) in [5.41, 5.74) is 25.0. The molecule has 0 nitrogen and oxygen atoms in total. The van der Waals surface area contributed by atoms with Gasteiger partial charge in [-0.3, -0.25) is 0 Å². The van der Waals surface area contributed by atoms with E-state index in [-0.39, 0.29) is 21.7 Å². The molecule has 0 fully saturated rings. The average molecular weight is 801 g/mol. The van der Waals surface area contributed by atoms with Crippen molar-refractivity contribution in [3.8, 4) is 65.4 Å². The quantitative estimate of drug-likeness (QED) is 0.163. The van der Waals surface area contributed by atoms with Crippen molar-refractivity contribution in [2.75, 3.05) is 0 Å². The van der Waals surface area contributed by atoms with Gasteiger partial charge in [0.25, 0.3) is 0 Å². The van der Waals surface area contributed by atoms with Crippen molar-refractivity contribution < 1.29 is 0 Å². The van der Waals surface area contributed by atoms with Gasteiger partial charge in [0.05, 0.1) is 0 Å². The molecule has 0 aliphatic heterocycles. The molecule has 0 saturated carbocycles. The third-order valence-corrected chi connectivity index (χ3v) is 17.1. The maximum Gasteiger partial charge on any atom is 0.0349 e. The zero-order valence-electron chi connectivity index (χ0n) is 36.3. The number of hydrogen-bond acceptors (Lipinski definition) is 1. The smallest absolute Gasteiger partial charge is 0.0349 e. The Morgan fingerprint density at radius 2 is 0.656 bits per heavy atom. The third-order valence-electron chi connectivity index (χ3n) is 15.9. The largest absolute Gasteiger partial charge is 0.135 e. The Morgan fingerprint density at radius 1 is 0.295 bits per heavy atom. The lowest BCUT2D eigenvalue weighted by molar-refractivity contribution is 0.652. The molecule has 0 N–H and O–H groups in total. The Morgan fingerprint density at radius 3 is 1.10 bits per heavy atom. The molecule has 0 saturated heterocycles. The second kappa shape index (κ2) is 11.5. The Kier molecular flexibility index (Phi) is 6.71. The van der Waals surface area contributed by atoms with Gasteiger partial charge in [0.15, 0.2) is 0 Å². The lowest BCUT2D eigenvalue weighted by Crippen LogP contribution is -2.17. The van der Waals surface area contributed by atoms with Crippen LogP contribution in [-0.2, 0) is 21.7 Å². The standard InChI is InChI=1S/C60H48S/c1-57(2)45-23-19-33-13-9-11-15-37(33)55(45)43-31-49-41(29-51(43)57)39-21-17-35(27-47(39)59(49,5)6)53-25-26-54(61-53)36-18-22-40-42-30-52-44(32-50(42)60(7,8)48(40)28-36)56-38-16-12-10-14-34(38)20-24-46(56)58(52,3)4/h9-32H,1-8H3. The number of fused-ring (bicyclic) bond motifs is 16. The molecule has 0 atom stereocenters. The fourth-order valence-electron chi connectivity index (χ4n) is 12.4. The van der Waals surface area contributed by atoms with Crippen molar-refractivity contribution in [1.82, 2.24) is 0 Å². The minimum Gasteiger partial charge on any atom is -0.135 e. The second-order valence-corrected chi connectivity index (χ2v) is 21.6. The maximum absolute atomic E-state index is 2.55. The first kappa shape index (κ1) is 35.7. The van der Waals surface area contributed by atoms with E-state index in [4.69, 9.17) is 0 Å². The minimum absolute atomic E-state index is 0.0575. The number of hydrogen-bond donors (Lipinski definition) is 0. The van der Waals surface area contributed by atoms with Crippen molar-refractivity contribution in [2.24, 2.45) is 0 Å². The monoisotopic (exact) mass is 800 g/mol. The van der Waals surface area contributed by atoms with Crippen LogP contribution in [0.5, 0.6) is 0 Å². The number of benzene rings is 8. The minimum atomic E-state index is -0.113. The molecule has 0 radical (unpaired) electrons. The first-order valence-electron chi connectivity index (χ1n) is 22.1. The van der Waals surface area contributed by atoms with Gasteiger partial charge in [-0.2, -0.15) is 0 Å². The Labute approximate surface area is 363 Å². The summed E-state index contributed by atoms with van der Waals surface area (Å²) in [5.74, 6) is 0. The van der Waals surface area contributed by atoms with E-state index in [0.717, 1.165) is 0 Å². The summed E-state index contributed by atoms with van der Waals surface area (Å²) in [6.45, 7) is 19.3. The van der Waals surface area contributed by atoms with Crippen molar-refractivity contribution in [3.05, 3.63) is 190 Å². The van der Waals surface area contributed by atoms with Gasteiger partial charge in [0.2, 0.25) is 0 Å². The fraction of sp³-hybridized carbons (Fsp3) is 0.200. The molecule has 8 aromatic carbocycles. The Balaban J connectivity index is 0.859. The summed E-state index contributed by atoms with van der Waals surface area (Å²) in [5, 5.41) is 5.35. The highest BCUT2D eigenvalue weighted by Gasteiger charge is 2.44. The molecule has 9 aromatic rings. The normalized spacial score (nSPS) is 17.0. The van der Waals surface area contributed by atoms with E-state index in [1.54, 1.807) is 0 Å². The van der Waals surface area contributed by atoms with Crippen molar-refractivity contribution in [1.29, 1.82) is 0 Å². The summed E-state index contributed by atoms with van der Waals surface area (Å²) >= 11 is 1.92. The van der Waals surface area contributed by atoms with E-state index in [1.165, 1.54) is 131 Å². The molecule has 4 aliphatic rings. The van der Waals surface area contributed by atoms with Crippen LogP contribution in [0.4, 0.5) is 0 Å². The number of rotatable bonds is 2. The predicted octanol–water partition coefficient (Wildman–Crippen LogP) is 16.6. The summed E-state index contributed by atoms with van der Waals surface area (Å²) in [6, 6.07) is 56.6. The van der Waals surface area contributed by atoms with Crippen LogP contribution in [0.1, 0.15) is 99.9 Å². The molecule has 1 heterocycles. The van der Waals surface area contributed by atoms with Crippen LogP contribution >= 0.6 is 11.3 Å². The van der Waals surface area contributed by atoms with Gasteiger partial charge in [-0.05, 0) is 170 Å². The first-order chi connectivity index (χ1) is 29.2. The van der Waals surface area contributed by atoms with Gasteiger partial charge in [-0.1, -0.05) is 152 Å². The molecule has 1 aromatic heterocycles. The highest BCUT2D eigenvalue weighted by molar-refractivity contribution is 7.18. The van der Waals surface area contributed by atoms with Gasteiger partial charge >= 0.3 is 0 Å². The molecule has 1 heteroatoms. The molecule has 4 aliphatic carbocycles. The van der Waals surface area contributed by atoms with Crippen LogP contribution in [0, 0.1) is 0 Å². The van der Waals surface area contributed by atoms with Crippen LogP contribution in [0.2, 0.25) is 0 Å². The first-order valence-corrected chi connectivity index (χ1v) is 22.9. The Bertz CT molecular complexity index is 3240. The van der Waals surface area contributed by atoms with Gasteiger partial charge in [-0.15, -0.1) is 11.3 Å². The van der Waals surface area contributed by atoms with Crippen LogP contribution in [-0.4, -0.2) is 0 Å². The van der Waals surface area contributed by atoms with Gasteiger partial charge in [0, 0.05) is 31.4 Å². The lowest BCUT2D eigenvalue weighted by atomic mass is 9.79. The molecular weight excluding hydrogens is 753 g/mol. The lowest BCUT2D eigenvalue weighted by Gasteiger charge is -2.24. The summed E-state index contributed by atoms with van der Waals surface area (Å²) in [7, 11) is 0. The highest BCUT2D eigenvalue weighted by Crippen LogP contribution is 2.60. The van der Waals surface area contributed by atoms with E-state index < -0.39 is 0 Å². The highest BCUT2D eigenvalue weighted by atomic mass is 32.1. The summed E-state index contributed by atoms with van der Waals surface area (Å²) in [6.07, 6.45) is 0. The molecule has 0 spiro atoms. The van der Waals surface area contributed by atoms with Crippen LogP contribution < -0.4 is 0 Å². The molecule has 0 amide bonds.